The fraction of sp³-hybridized carbons (Fsp3) is 0.957. The molecule has 0 bridgehead atoms. The second kappa shape index (κ2) is 17.8. The molecule has 0 amide bonds. The van der Waals surface area contributed by atoms with Crippen LogP contribution in [0.25, 0.3) is 0 Å². The quantitative estimate of drug-likeness (QED) is 0.205. The first-order valence-electron chi connectivity index (χ1n) is 12.3. The number of carbonyl (C=O) groups excluding carboxylic acids is 1. The molecule has 0 saturated carbocycles. The van der Waals surface area contributed by atoms with Crippen molar-refractivity contribution >= 4 is 25.4 Å². The molecule has 1 N–H and O–H groups in total. The predicted octanol–water partition coefficient (Wildman–Crippen LogP) is 6.99. The molecule has 1 saturated heterocycles. The highest BCUT2D eigenvalue weighted by Gasteiger charge is 2.33. The summed E-state index contributed by atoms with van der Waals surface area (Å²) in [6, 6.07) is 0.955. The fourth-order valence-corrected chi connectivity index (χ4v) is 7.02. The lowest BCUT2D eigenvalue weighted by Crippen LogP contribution is -2.47. The van der Waals surface area contributed by atoms with E-state index in [0.29, 0.717) is 11.0 Å². The van der Waals surface area contributed by atoms with Gasteiger partial charge in [-0.05, 0) is 44.2 Å². The molecule has 29 heavy (non-hydrogen) atoms. The van der Waals surface area contributed by atoms with Gasteiger partial charge < -0.3 is 8.95 Å². The lowest BCUT2D eigenvalue weighted by atomic mass is 10.0. The summed E-state index contributed by atoms with van der Waals surface area (Å²) in [6.45, 7) is 8.39. The molecule has 2 unspecified atom stereocenters. The van der Waals surface area contributed by atoms with Gasteiger partial charge >= 0.3 is 8.56 Å². The summed E-state index contributed by atoms with van der Waals surface area (Å²) in [5.74, 6) is 1.55. The van der Waals surface area contributed by atoms with Gasteiger partial charge in [0.05, 0.1) is 0 Å². The third-order valence-electron chi connectivity index (χ3n) is 5.81. The van der Waals surface area contributed by atoms with Gasteiger partial charge in [-0.1, -0.05) is 83.4 Å². The Morgan fingerprint density at radius 1 is 1.00 bits per heavy atom. The number of carbonyl (C=O) groups is 1. The van der Waals surface area contributed by atoms with Crippen LogP contribution in [0.2, 0.25) is 12.6 Å². The largest absolute Gasteiger partial charge is 0.394 e. The SMILES string of the molecule is CCCCCCCCCCCC(=O)SCCC[Si]1(C)OCCC(CCC)CNO1. The molecule has 1 fully saturated rings. The Morgan fingerprint density at radius 2 is 1.69 bits per heavy atom. The van der Waals surface area contributed by atoms with Crippen molar-refractivity contribution in [3.8, 4) is 0 Å². The van der Waals surface area contributed by atoms with Crippen LogP contribution in [0.1, 0.15) is 104 Å². The van der Waals surface area contributed by atoms with Gasteiger partial charge in [-0.25, -0.2) is 5.48 Å². The number of thioether (sulfide) groups is 1. The highest BCUT2D eigenvalue weighted by Crippen LogP contribution is 2.22. The summed E-state index contributed by atoms with van der Waals surface area (Å²) in [7, 11) is -2.13. The van der Waals surface area contributed by atoms with Gasteiger partial charge in [0.2, 0.25) is 0 Å². The molecule has 2 atom stereocenters. The predicted molar refractivity (Wildman–Crippen MR) is 128 cm³/mol. The minimum atomic E-state index is -2.13. The Morgan fingerprint density at radius 3 is 2.38 bits per heavy atom. The topological polar surface area (TPSA) is 47.6 Å². The van der Waals surface area contributed by atoms with E-state index in [-0.39, 0.29) is 0 Å². The molecule has 1 rings (SSSR count). The van der Waals surface area contributed by atoms with Crippen LogP contribution in [0.3, 0.4) is 0 Å². The first kappa shape index (κ1) is 27.2. The zero-order chi connectivity index (χ0) is 21.2. The zero-order valence-corrected chi connectivity index (χ0v) is 21.3. The molecule has 4 nitrogen and oxygen atoms in total. The van der Waals surface area contributed by atoms with E-state index in [1.165, 1.54) is 76.0 Å². The highest BCUT2D eigenvalue weighted by atomic mass is 32.2. The van der Waals surface area contributed by atoms with Crippen LogP contribution >= 0.6 is 11.8 Å². The van der Waals surface area contributed by atoms with Crippen molar-refractivity contribution in [2.75, 3.05) is 18.9 Å². The maximum absolute atomic E-state index is 12.1. The third-order valence-corrected chi connectivity index (χ3v) is 9.48. The van der Waals surface area contributed by atoms with Gasteiger partial charge in [-0.3, -0.25) is 4.79 Å². The van der Waals surface area contributed by atoms with Crippen molar-refractivity contribution in [1.82, 2.24) is 5.48 Å². The number of hydrogen-bond acceptors (Lipinski definition) is 5. The average molecular weight is 446 g/mol. The Balaban J connectivity index is 1.99. The zero-order valence-electron chi connectivity index (χ0n) is 19.4. The van der Waals surface area contributed by atoms with E-state index in [0.717, 1.165) is 50.6 Å². The summed E-state index contributed by atoms with van der Waals surface area (Å²) < 4.78 is 12.1. The van der Waals surface area contributed by atoms with E-state index in [1.807, 2.05) is 0 Å². The van der Waals surface area contributed by atoms with Crippen molar-refractivity contribution in [2.24, 2.45) is 5.92 Å². The Labute approximate surface area is 185 Å². The number of nitrogens with one attached hydrogen (secondary N) is 1. The molecule has 0 aromatic rings. The highest BCUT2D eigenvalue weighted by molar-refractivity contribution is 8.13. The monoisotopic (exact) mass is 445 g/mol. The van der Waals surface area contributed by atoms with Crippen LogP contribution in [0.5, 0.6) is 0 Å². The lowest BCUT2D eigenvalue weighted by Gasteiger charge is -2.31. The van der Waals surface area contributed by atoms with Crippen molar-refractivity contribution in [3.63, 3.8) is 0 Å². The van der Waals surface area contributed by atoms with Crippen LogP contribution in [-0.4, -0.2) is 32.6 Å². The van der Waals surface area contributed by atoms with E-state index in [1.54, 1.807) is 0 Å². The maximum atomic E-state index is 12.1. The molecule has 1 heterocycles. The summed E-state index contributed by atoms with van der Waals surface area (Å²) in [6.07, 6.45) is 17.0. The molecule has 0 spiro atoms. The van der Waals surface area contributed by atoms with Gasteiger partial charge in [-0.2, -0.15) is 0 Å². The van der Waals surface area contributed by atoms with Crippen LogP contribution in [0.4, 0.5) is 0 Å². The molecule has 172 valence electrons. The second-order valence-corrected chi connectivity index (χ2v) is 13.2. The third kappa shape index (κ3) is 14.7. The fourth-order valence-electron chi connectivity index (χ4n) is 3.89. The van der Waals surface area contributed by atoms with Crippen molar-refractivity contribution < 1.29 is 13.7 Å². The van der Waals surface area contributed by atoms with Crippen molar-refractivity contribution in [1.29, 1.82) is 0 Å². The summed E-state index contributed by atoms with van der Waals surface area (Å²) >= 11 is 1.51. The normalized spacial score (nSPS) is 22.9. The summed E-state index contributed by atoms with van der Waals surface area (Å²) in [4.78, 5) is 12.1. The molecule has 1 aliphatic rings. The lowest BCUT2D eigenvalue weighted by molar-refractivity contribution is -0.111. The average Bonchev–Trinajstić information content (AvgIpc) is 2.68. The Kier molecular flexibility index (Phi) is 16.6. The van der Waals surface area contributed by atoms with Gasteiger partial charge in [-0.15, -0.1) is 0 Å². The van der Waals surface area contributed by atoms with Gasteiger partial charge in [0.25, 0.3) is 0 Å². The van der Waals surface area contributed by atoms with Crippen LogP contribution in [-0.2, 0) is 13.7 Å². The molecular weight excluding hydrogens is 398 g/mol. The first-order chi connectivity index (χ1) is 14.1. The number of unbranched alkanes of at least 4 members (excludes halogenated alkanes) is 8. The van der Waals surface area contributed by atoms with E-state index in [2.05, 4.69) is 25.9 Å². The summed E-state index contributed by atoms with van der Waals surface area (Å²) in [5.41, 5.74) is 3.18. The first-order valence-corrected chi connectivity index (χ1v) is 15.8. The molecule has 0 aromatic carbocycles. The van der Waals surface area contributed by atoms with Crippen LogP contribution in [0, 0.1) is 5.92 Å². The Bertz CT molecular complexity index is 402. The molecule has 1 aliphatic heterocycles. The second-order valence-electron chi connectivity index (χ2n) is 8.78. The van der Waals surface area contributed by atoms with E-state index in [9.17, 15) is 4.79 Å². The summed E-state index contributed by atoms with van der Waals surface area (Å²) in [5, 5.41) is 0.361. The van der Waals surface area contributed by atoms with Gasteiger partial charge in [0, 0.05) is 25.3 Å². The minimum absolute atomic E-state index is 0.361. The molecule has 0 aliphatic carbocycles. The Hall–Kier alpha value is 0.117. The number of rotatable bonds is 16. The molecule has 0 radical (unpaired) electrons. The smallest absolute Gasteiger partial charge is 0.355 e. The molecule has 6 heteroatoms. The molecular formula is C23H47NO3SSi. The van der Waals surface area contributed by atoms with E-state index < -0.39 is 8.56 Å². The minimum Gasteiger partial charge on any atom is -0.394 e. The van der Waals surface area contributed by atoms with Gasteiger partial charge in [0.15, 0.2) is 5.12 Å². The van der Waals surface area contributed by atoms with Gasteiger partial charge in [0.1, 0.15) is 0 Å². The number of hydroxylamine groups is 1. The van der Waals surface area contributed by atoms with E-state index >= 15 is 0 Å². The van der Waals surface area contributed by atoms with Crippen LogP contribution < -0.4 is 5.48 Å². The van der Waals surface area contributed by atoms with Crippen molar-refractivity contribution in [3.05, 3.63) is 0 Å². The van der Waals surface area contributed by atoms with Crippen molar-refractivity contribution in [2.45, 2.75) is 116 Å². The van der Waals surface area contributed by atoms with Crippen LogP contribution in [0.15, 0.2) is 0 Å². The number of hydrogen-bond donors (Lipinski definition) is 1. The molecule has 0 aromatic heterocycles. The van der Waals surface area contributed by atoms with E-state index in [4.69, 9.17) is 8.95 Å². The standard InChI is InChI=1S/C23H47NO3SSi/c1-4-6-7-8-9-10-11-12-13-16-23(25)28-19-14-20-29(3)26-18-17-22(15-5-2)21-24-27-29/h22,24H,4-21H2,1-3H3. The maximum Gasteiger partial charge on any atom is 0.355 e.